The van der Waals surface area contributed by atoms with Gasteiger partial charge < -0.3 is 10.3 Å². The molecule has 21 heavy (non-hydrogen) atoms. The number of pyridine rings is 1. The van der Waals surface area contributed by atoms with Gasteiger partial charge in [-0.3, -0.25) is 4.79 Å². The lowest BCUT2D eigenvalue weighted by molar-refractivity contribution is 0.411. The van der Waals surface area contributed by atoms with Gasteiger partial charge in [0.2, 0.25) is 5.56 Å². The second-order valence-electron chi connectivity index (χ2n) is 5.61. The molecule has 1 aliphatic carbocycles. The SMILES string of the molecule is CCc1cnc(C(C)NC2CCCc3[nH]c(=O)ccc32)s1. The molecular formula is C16H21N3OS. The van der Waals surface area contributed by atoms with Crippen LogP contribution in [0.15, 0.2) is 23.1 Å². The van der Waals surface area contributed by atoms with Crippen LogP contribution in [0.25, 0.3) is 0 Å². The zero-order valence-corrected chi connectivity index (χ0v) is 13.3. The lowest BCUT2D eigenvalue weighted by Gasteiger charge is -2.28. The Balaban J connectivity index is 1.78. The van der Waals surface area contributed by atoms with Gasteiger partial charge in [-0.05, 0) is 38.2 Å². The van der Waals surface area contributed by atoms with Gasteiger partial charge in [0.15, 0.2) is 0 Å². The van der Waals surface area contributed by atoms with Gasteiger partial charge in [-0.25, -0.2) is 4.98 Å². The van der Waals surface area contributed by atoms with E-state index in [0.717, 1.165) is 36.4 Å². The number of nitrogens with zero attached hydrogens (tertiary/aromatic N) is 1. The summed E-state index contributed by atoms with van der Waals surface area (Å²) in [5, 5.41) is 4.82. The second-order valence-corrected chi connectivity index (χ2v) is 6.75. The van der Waals surface area contributed by atoms with E-state index >= 15 is 0 Å². The maximum absolute atomic E-state index is 11.4. The third kappa shape index (κ3) is 3.09. The van der Waals surface area contributed by atoms with E-state index in [1.165, 1.54) is 10.4 Å². The standard InChI is InChI=1S/C16H21N3OS/c1-3-11-9-17-16(21-11)10(2)18-13-5-4-6-14-12(13)7-8-15(20)19-14/h7-10,13,18H,3-6H2,1-2H3,(H,19,20). The van der Waals surface area contributed by atoms with Gasteiger partial charge in [-0.1, -0.05) is 13.0 Å². The van der Waals surface area contributed by atoms with E-state index in [0.29, 0.717) is 6.04 Å². The molecule has 2 aromatic heterocycles. The fraction of sp³-hybridized carbons (Fsp3) is 0.500. The minimum atomic E-state index is -0.00467. The minimum absolute atomic E-state index is 0.00467. The molecule has 0 fully saturated rings. The van der Waals surface area contributed by atoms with Crippen molar-refractivity contribution in [3.8, 4) is 0 Å². The Morgan fingerprint density at radius 2 is 2.38 bits per heavy atom. The van der Waals surface area contributed by atoms with Crippen molar-refractivity contribution in [2.75, 3.05) is 0 Å². The molecule has 2 aromatic rings. The summed E-state index contributed by atoms with van der Waals surface area (Å²) in [5.74, 6) is 0. The van der Waals surface area contributed by atoms with Crippen molar-refractivity contribution in [3.63, 3.8) is 0 Å². The normalized spacial score (nSPS) is 19.2. The Morgan fingerprint density at radius 1 is 1.52 bits per heavy atom. The third-order valence-electron chi connectivity index (χ3n) is 4.07. The molecule has 0 spiro atoms. The minimum Gasteiger partial charge on any atom is -0.326 e. The third-order valence-corrected chi connectivity index (χ3v) is 5.40. The van der Waals surface area contributed by atoms with Gasteiger partial charge in [0, 0.05) is 28.9 Å². The molecule has 1 aliphatic rings. The summed E-state index contributed by atoms with van der Waals surface area (Å²) in [7, 11) is 0. The van der Waals surface area contributed by atoms with Crippen molar-refractivity contribution in [1.82, 2.24) is 15.3 Å². The number of aromatic nitrogens is 2. The highest BCUT2D eigenvalue weighted by Crippen LogP contribution is 2.30. The first-order chi connectivity index (χ1) is 10.2. The fourth-order valence-corrected chi connectivity index (χ4v) is 3.80. The van der Waals surface area contributed by atoms with Gasteiger partial charge in [0.05, 0.1) is 6.04 Å². The van der Waals surface area contributed by atoms with Crippen LogP contribution in [0.3, 0.4) is 0 Å². The van der Waals surface area contributed by atoms with Crippen LogP contribution < -0.4 is 10.9 Å². The molecule has 3 rings (SSSR count). The average molecular weight is 303 g/mol. The average Bonchev–Trinajstić information content (AvgIpc) is 2.96. The van der Waals surface area contributed by atoms with Crippen molar-refractivity contribution < 1.29 is 0 Å². The monoisotopic (exact) mass is 303 g/mol. The Bertz CT molecular complexity index is 676. The molecule has 112 valence electrons. The van der Waals surface area contributed by atoms with Crippen molar-refractivity contribution in [2.45, 2.75) is 51.6 Å². The van der Waals surface area contributed by atoms with E-state index in [9.17, 15) is 4.79 Å². The van der Waals surface area contributed by atoms with E-state index in [1.807, 2.05) is 12.3 Å². The number of hydrogen-bond donors (Lipinski definition) is 2. The number of H-pyrrole nitrogens is 1. The zero-order chi connectivity index (χ0) is 14.8. The first kappa shape index (κ1) is 14.5. The second kappa shape index (κ2) is 6.12. The number of nitrogens with one attached hydrogen (secondary N) is 2. The highest BCUT2D eigenvalue weighted by Gasteiger charge is 2.23. The number of fused-ring (bicyclic) bond motifs is 1. The van der Waals surface area contributed by atoms with Crippen LogP contribution in [-0.2, 0) is 12.8 Å². The van der Waals surface area contributed by atoms with Crippen LogP contribution in [0.1, 0.15) is 59.9 Å². The largest absolute Gasteiger partial charge is 0.326 e. The van der Waals surface area contributed by atoms with Crippen molar-refractivity contribution >= 4 is 11.3 Å². The molecule has 0 aliphatic heterocycles. The molecule has 0 saturated carbocycles. The number of aryl methyl sites for hydroxylation is 2. The van der Waals surface area contributed by atoms with E-state index in [1.54, 1.807) is 17.4 Å². The van der Waals surface area contributed by atoms with Gasteiger partial charge in [-0.2, -0.15) is 0 Å². The molecule has 4 nitrogen and oxygen atoms in total. The number of hydrogen-bond acceptors (Lipinski definition) is 4. The summed E-state index contributed by atoms with van der Waals surface area (Å²) in [4.78, 5) is 20.3. The smallest absolute Gasteiger partial charge is 0.248 e. The summed E-state index contributed by atoms with van der Waals surface area (Å²) in [6.07, 6.45) is 6.20. The topological polar surface area (TPSA) is 57.8 Å². The summed E-state index contributed by atoms with van der Waals surface area (Å²) >= 11 is 1.78. The number of thiazole rings is 1. The van der Waals surface area contributed by atoms with Crippen molar-refractivity contribution in [1.29, 1.82) is 0 Å². The predicted octanol–water partition coefficient (Wildman–Crippen LogP) is 3.12. The molecular weight excluding hydrogens is 282 g/mol. The van der Waals surface area contributed by atoms with E-state index in [4.69, 9.17) is 0 Å². The summed E-state index contributed by atoms with van der Waals surface area (Å²) in [5.41, 5.74) is 2.32. The first-order valence-corrected chi connectivity index (χ1v) is 8.41. The summed E-state index contributed by atoms with van der Waals surface area (Å²) in [6.45, 7) is 4.32. The summed E-state index contributed by atoms with van der Waals surface area (Å²) < 4.78 is 0. The molecule has 0 radical (unpaired) electrons. The van der Waals surface area contributed by atoms with Crippen LogP contribution in [0.2, 0.25) is 0 Å². The van der Waals surface area contributed by atoms with E-state index in [-0.39, 0.29) is 11.6 Å². The van der Waals surface area contributed by atoms with Crippen LogP contribution in [0, 0.1) is 0 Å². The van der Waals surface area contributed by atoms with Gasteiger partial charge in [-0.15, -0.1) is 11.3 Å². The molecule has 0 aromatic carbocycles. The van der Waals surface area contributed by atoms with Gasteiger partial charge in [0.25, 0.3) is 0 Å². The van der Waals surface area contributed by atoms with E-state index in [2.05, 4.69) is 29.1 Å². The molecule has 0 saturated heterocycles. The van der Waals surface area contributed by atoms with E-state index < -0.39 is 0 Å². The highest BCUT2D eigenvalue weighted by molar-refractivity contribution is 7.11. The molecule has 0 amide bonds. The summed E-state index contributed by atoms with van der Waals surface area (Å²) in [6, 6.07) is 4.13. The molecule has 2 atom stereocenters. The van der Waals surface area contributed by atoms with Crippen molar-refractivity contribution in [3.05, 3.63) is 49.8 Å². The first-order valence-electron chi connectivity index (χ1n) is 7.60. The highest BCUT2D eigenvalue weighted by atomic mass is 32.1. The maximum atomic E-state index is 11.4. The lowest BCUT2D eigenvalue weighted by atomic mass is 9.91. The zero-order valence-electron chi connectivity index (χ0n) is 12.5. The predicted molar refractivity (Wildman–Crippen MR) is 85.8 cm³/mol. The Morgan fingerprint density at radius 3 is 3.14 bits per heavy atom. The number of aromatic amines is 1. The Labute approximate surface area is 128 Å². The Kier molecular flexibility index (Phi) is 4.22. The molecule has 0 bridgehead atoms. The number of rotatable bonds is 4. The van der Waals surface area contributed by atoms with Crippen LogP contribution >= 0.6 is 11.3 Å². The lowest BCUT2D eigenvalue weighted by Crippen LogP contribution is -2.29. The van der Waals surface area contributed by atoms with Crippen molar-refractivity contribution in [2.24, 2.45) is 0 Å². The van der Waals surface area contributed by atoms with Crippen LogP contribution in [0.4, 0.5) is 0 Å². The van der Waals surface area contributed by atoms with Gasteiger partial charge >= 0.3 is 0 Å². The Hall–Kier alpha value is -1.46. The van der Waals surface area contributed by atoms with Gasteiger partial charge in [0.1, 0.15) is 5.01 Å². The van der Waals surface area contributed by atoms with Crippen LogP contribution in [-0.4, -0.2) is 9.97 Å². The molecule has 5 heteroatoms. The molecule has 2 unspecified atom stereocenters. The maximum Gasteiger partial charge on any atom is 0.248 e. The van der Waals surface area contributed by atoms with Crippen LogP contribution in [0.5, 0.6) is 0 Å². The molecule has 2 heterocycles. The molecule has 2 N–H and O–H groups in total. The fourth-order valence-electron chi connectivity index (χ4n) is 2.93. The quantitative estimate of drug-likeness (QED) is 0.912.